The summed E-state index contributed by atoms with van der Waals surface area (Å²) < 4.78 is 0. The summed E-state index contributed by atoms with van der Waals surface area (Å²) >= 11 is 0. The van der Waals surface area contributed by atoms with Gasteiger partial charge in [-0.3, -0.25) is 9.69 Å². The molecule has 0 unspecified atom stereocenters. The lowest BCUT2D eigenvalue weighted by atomic mass is 10.1. The summed E-state index contributed by atoms with van der Waals surface area (Å²) in [5, 5.41) is 3.04. The van der Waals surface area contributed by atoms with Crippen molar-refractivity contribution in [1.82, 2.24) is 10.2 Å². The molecule has 0 saturated carbocycles. The molecule has 0 atom stereocenters. The molecule has 1 aliphatic heterocycles. The fraction of sp³-hybridized carbons (Fsp3) is 0.435. The Morgan fingerprint density at radius 2 is 1.74 bits per heavy atom. The van der Waals surface area contributed by atoms with E-state index in [1.165, 1.54) is 22.4 Å². The highest BCUT2D eigenvalue weighted by molar-refractivity contribution is 5.76. The van der Waals surface area contributed by atoms with E-state index < -0.39 is 0 Å². The highest BCUT2D eigenvalue weighted by Crippen LogP contribution is 2.23. The number of carbonyl (C=O) groups excluding carboxylic acids is 1. The molecule has 0 spiro atoms. The van der Waals surface area contributed by atoms with Gasteiger partial charge in [-0.1, -0.05) is 42.0 Å². The van der Waals surface area contributed by atoms with Crippen LogP contribution in [-0.4, -0.2) is 43.5 Å². The Labute approximate surface area is 163 Å². The molecule has 0 radical (unpaired) electrons. The van der Waals surface area contributed by atoms with Gasteiger partial charge in [0.25, 0.3) is 0 Å². The van der Waals surface area contributed by atoms with Crippen LogP contribution in [0.2, 0.25) is 0 Å². The fourth-order valence-electron chi connectivity index (χ4n) is 3.66. The third-order valence-corrected chi connectivity index (χ3v) is 5.52. The Hall–Kier alpha value is -2.33. The van der Waals surface area contributed by atoms with Gasteiger partial charge in [0.05, 0.1) is 0 Å². The molecule has 4 nitrogen and oxygen atoms in total. The van der Waals surface area contributed by atoms with Crippen LogP contribution in [0.5, 0.6) is 0 Å². The number of rotatable bonds is 6. The van der Waals surface area contributed by atoms with Gasteiger partial charge in [0.15, 0.2) is 0 Å². The maximum absolute atomic E-state index is 12.2. The van der Waals surface area contributed by atoms with Crippen LogP contribution in [0.15, 0.2) is 42.5 Å². The van der Waals surface area contributed by atoms with Crippen molar-refractivity contribution in [2.24, 2.45) is 0 Å². The SMILES string of the molecule is Cc1cccc(CNC(=O)CCN2CCN(c3cccc(C)c3C)CC2)c1. The Balaban J connectivity index is 1.40. The van der Waals surface area contributed by atoms with E-state index in [1.807, 2.05) is 6.07 Å². The van der Waals surface area contributed by atoms with Gasteiger partial charge in [-0.15, -0.1) is 0 Å². The fourth-order valence-corrected chi connectivity index (χ4v) is 3.66. The summed E-state index contributed by atoms with van der Waals surface area (Å²) in [5.41, 5.74) is 6.46. The normalized spacial score (nSPS) is 15.0. The standard InChI is InChI=1S/C23H31N3O/c1-18-6-4-8-21(16-18)17-24-23(27)10-11-25-12-14-26(15-13-25)22-9-5-7-19(2)20(22)3/h4-9,16H,10-15,17H2,1-3H3,(H,24,27). The van der Waals surface area contributed by atoms with Gasteiger partial charge < -0.3 is 10.2 Å². The number of amides is 1. The third kappa shape index (κ3) is 5.33. The minimum atomic E-state index is 0.133. The number of hydrogen-bond donors (Lipinski definition) is 1. The van der Waals surface area contributed by atoms with Crippen molar-refractivity contribution in [2.45, 2.75) is 33.7 Å². The Bertz CT molecular complexity index is 779. The lowest BCUT2D eigenvalue weighted by Crippen LogP contribution is -2.47. The average molecular weight is 366 g/mol. The van der Waals surface area contributed by atoms with E-state index in [1.54, 1.807) is 0 Å². The van der Waals surface area contributed by atoms with Gasteiger partial charge >= 0.3 is 0 Å². The first-order chi connectivity index (χ1) is 13.0. The van der Waals surface area contributed by atoms with Gasteiger partial charge in [0, 0.05) is 51.4 Å². The Kier molecular flexibility index (Phi) is 6.51. The van der Waals surface area contributed by atoms with Crippen molar-refractivity contribution in [3.8, 4) is 0 Å². The first kappa shape index (κ1) is 19.4. The molecule has 0 aromatic heterocycles. The van der Waals surface area contributed by atoms with Crippen molar-refractivity contribution in [3.63, 3.8) is 0 Å². The van der Waals surface area contributed by atoms with Crippen LogP contribution in [0.4, 0.5) is 5.69 Å². The molecular formula is C23H31N3O. The summed E-state index contributed by atoms with van der Waals surface area (Å²) in [7, 11) is 0. The van der Waals surface area contributed by atoms with Gasteiger partial charge in [-0.2, -0.15) is 0 Å². The number of benzene rings is 2. The number of hydrogen-bond acceptors (Lipinski definition) is 3. The van der Waals surface area contributed by atoms with Crippen molar-refractivity contribution in [3.05, 3.63) is 64.7 Å². The molecule has 0 bridgehead atoms. The number of anilines is 1. The monoisotopic (exact) mass is 365 g/mol. The third-order valence-electron chi connectivity index (χ3n) is 5.52. The minimum Gasteiger partial charge on any atom is -0.369 e. The predicted octanol–water partition coefficient (Wildman–Crippen LogP) is 3.44. The van der Waals surface area contributed by atoms with Crippen LogP contribution >= 0.6 is 0 Å². The molecule has 1 saturated heterocycles. The second kappa shape index (κ2) is 9.05. The van der Waals surface area contributed by atoms with Crippen molar-refractivity contribution in [2.75, 3.05) is 37.6 Å². The summed E-state index contributed by atoms with van der Waals surface area (Å²) in [6, 6.07) is 14.8. The number of nitrogens with one attached hydrogen (secondary N) is 1. The summed E-state index contributed by atoms with van der Waals surface area (Å²) in [6.07, 6.45) is 0.565. The van der Waals surface area contributed by atoms with Crippen LogP contribution in [0.3, 0.4) is 0 Å². The first-order valence-electron chi connectivity index (χ1n) is 9.88. The lowest BCUT2D eigenvalue weighted by molar-refractivity contribution is -0.121. The zero-order valence-electron chi connectivity index (χ0n) is 16.8. The molecule has 1 amide bonds. The molecule has 4 heteroatoms. The molecule has 1 aliphatic rings. The molecular weight excluding hydrogens is 334 g/mol. The number of aryl methyl sites for hydroxylation is 2. The smallest absolute Gasteiger partial charge is 0.221 e. The summed E-state index contributed by atoms with van der Waals surface area (Å²) in [4.78, 5) is 17.0. The van der Waals surface area contributed by atoms with E-state index in [4.69, 9.17) is 0 Å². The molecule has 3 rings (SSSR count). The zero-order chi connectivity index (χ0) is 19.2. The van der Waals surface area contributed by atoms with Crippen LogP contribution in [0.1, 0.15) is 28.7 Å². The van der Waals surface area contributed by atoms with Gasteiger partial charge in [0.1, 0.15) is 0 Å². The van der Waals surface area contributed by atoms with Crippen molar-refractivity contribution in [1.29, 1.82) is 0 Å². The molecule has 144 valence electrons. The molecule has 0 aliphatic carbocycles. The summed E-state index contributed by atoms with van der Waals surface area (Å²) in [6.45, 7) is 12.0. The van der Waals surface area contributed by atoms with E-state index in [0.717, 1.165) is 38.3 Å². The highest BCUT2D eigenvalue weighted by atomic mass is 16.1. The molecule has 1 heterocycles. The van der Waals surface area contributed by atoms with Gasteiger partial charge in [0.2, 0.25) is 5.91 Å². The molecule has 1 N–H and O–H groups in total. The average Bonchev–Trinajstić information content (AvgIpc) is 2.67. The van der Waals surface area contributed by atoms with E-state index in [0.29, 0.717) is 13.0 Å². The lowest BCUT2D eigenvalue weighted by Gasteiger charge is -2.37. The number of piperazine rings is 1. The van der Waals surface area contributed by atoms with Gasteiger partial charge in [-0.05, 0) is 43.5 Å². The number of nitrogens with zero attached hydrogens (tertiary/aromatic N) is 2. The maximum Gasteiger partial charge on any atom is 0.221 e. The van der Waals surface area contributed by atoms with Gasteiger partial charge in [-0.25, -0.2) is 0 Å². The van der Waals surface area contributed by atoms with Crippen LogP contribution in [0.25, 0.3) is 0 Å². The minimum absolute atomic E-state index is 0.133. The van der Waals surface area contributed by atoms with E-state index >= 15 is 0 Å². The van der Waals surface area contributed by atoms with Crippen LogP contribution in [-0.2, 0) is 11.3 Å². The summed E-state index contributed by atoms with van der Waals surface area (Å²) in [5.74, 6) is 0.133. The number of carbonyl (C=O) groups is 1. The van der Waals surface area contributed by atoms with Crippen LogP contribution < -0.4 is 10.2 Å². The molecule has 1 fully saturated rings. The van der Waals surface area contributed by atoms with E-state index in [9.17, 15) is 4.79 Å². The van der Waals surface area contributed by atoms with E-state index in [-0.39, 0.29) is 5.91 Å². The molecule has 2 aromatic rings. The second-order valence-corrected chi connectivity index (χ2v) is 7.56. The second-order valence-electron chi connectivity index (χ2n) is 7.56. The maximum atomic E-state index is 12.2. The van der Waals surface area contributed by atoms with Crippen LogP contribution in [0, 0.1) is 20.8 Å². The highest BCUT2D eigenvalue weighted by Gasteiger charge is 2.19. The zero-order valence-corrected chi connectivity index (χ0v) is 16.8. The molecule has 2 aromatic carbocycles. The van der Waals surface area contributed by atoms with E-state index in [2.05, 4.69) is 72.3 Å². The topological polar surface area (TPSA) is 35.6 Å². The molecule has 27 heavy (non-hydrogen) atoms. The Morgan fingerprint density at radius 1 is 1.00 bits per heavy atom. The first-order valence-corrected chi connectivity index (χ1v) is 9.88. The predicted molar refractivity (Wildman–Crippen MR) is 112 cm³/mol. The van der Waals surface area contributed by atoms with Crippen molar-refractivity contribution >= 4 is 11.6 Å². The van der Waals surface area contributed by atoms with Crippen molar-refractivity contribution < 1.29 is 4.79 Å². The quantitative estimate of drug-likeness (QED) is 0.852. The largest absolute Gasteiger partial charge is 0.369 e. The Morgan fingerprint density at radius 3 is 2.48 bits per heavy atom.